The summed E-state index contributed by atoms with van der Waals surface area (Å²) in [5, 5.41) is 23.2. The first-order valence-corrected chi connectivity index (χ1v) is 13.8. The number of ether oxygens (including phenoxy) is 2. The Hall–Kier alpha value is -4.18. The normalized spacial score (nSPS) is 14.9. The summed E-state index contributed by atoms with van der Waals surface area (Å²) in [6.45, 7) is 8.10. The molecule has 224 valence electrons. The highest BCUT2D eigenvalue weighted by Crippen LogP contribution is 2.35. The summed E-state index contributed by atoms with van der Waals surface area (Å²) >= 11 is 0. The molecule has 8 nitrogen and oxygen atoms in total. The first-order chi connectivity index (χ1) is 19.7. The number of piperidine rings is 1. The van der Waals surface area contributed by atoms with Crippen LogP contribution in [-0.2, 0) is 10.2 Å². The van der Waals surface area contributed by atoms with E-state index in [1.165, 1.54) is 18.2 Å². The number of nitrogens with one attached hydrogen (secondary N) is 1. The van der Waals surface area contributed by atoms with Crippen molar-refractivity contribution in [3.8, 4) is 23.0 Å². The van der Waals surface area contributed by atoms with Gasteiger partial charge >= 0.3 is 12.0 Å². The number of amides is 2. The smallest absolute Gasteiger partial charge is 0.321 e. The quantitative estimate of drug-likeness (QED) is 0.244. The van der Waals surface area contributed by atoms with E-state index in [0.717, 1.165) is 12.1 Å². The molecule has 0 saturated carbocycles. The fraction of sp³-hybridized carbons (Fsp3) is 0.375. The highest BCUT2D eigenvalue weighted by Gasteiger charge is 2.34. The van der Waals surface area contributed by atoms with Gasteiger partial charge in [0.15, 0.2) is 11.6 Å². The van der Waals surface area contributed by atoms with Crippen molar-refractivity contribution < 1.29 is 38.1 Å². The Kier molecular flexibility index (Phi) is 9.06. The van der Waals surface area contributed by atoms with Gasteiger partial charge in [-0.25, -0.2) is 13.6 Å². The van der Waals surface area contributed by atoms with Gasteiger partial charge in [-0.1, -0.05) is 26.0 Å². The SMILES string of the molecule is CC(C)CC1(O)CCN(C(=O)Nc2cc(Oc3ccc(C(C)(C)C(=O)O)cc3)cc(Oc3ccc(F)c(F)c3)c2)CC1. The van der Waals surface area contributed by atoms with Crippen molar-refractivity contribution in [2.45, 2.75) is 58.0 Å². The van der Waals surface area contributed by atoms with E-state index in [0.29, 0.717) is 55.3 Å². The standard InChI is InChI=1S/C32H36F2N2O6/c1-20(2)19-32(40)11-13-36(14-12-32)30(39)35-22-15-25(17-26(16-22)42-24-9-10-27(33)28(34)18-24)41-23-7-5-21(6-8-23)31(3,4)29(37)38/h5-10,15-18,20,40H,11-14,19H2,1-4H3,(H,35,39)(H,37,38). The maximum Gasteiger partial charge on any atom is 0.321 e. The van der Waals surface area contributed by atoms with E-state index in [-0.39, 0.29) is 23.3 Å². The number of aliphatic hydroxyl groups is 1. The van der Waals surface area contributed by atoms with Gasteiger partial charge in [-0.2, -0.15) is 0 Å². The average molecular weight is 583 g/mol. The van der Waals surface area contributed by atoms with Crippen LogP contribution in [0.2, 0.25) is 0 Å². The summed E-state index contributed by atoms with van der Waals surface area (Å²) < 4.78 is 39.0. The van der Waals surface area contributed by atoms with E-state index in [1.807, 2.05) is 0 Å². The fourth-order valence-electron chi connectivity index (χ4n) is 4.93. The average Bonchev–Trinajstić information content (AvgIpc) is 2.90. The molecule has 0 bridgehead atoms. The van der Waals surface area contributed by atoms with E-state index in [4.69, 9.17) is 9.47 Å². The third-order valence-electron chi connectivity index (χ3n) is 7.37. The summed E-state index contributed by atoms with van der Waals surface area (Å²) in [5.41, 5.74) is -0.957. The number of nitrogens with zero attached hydrogens (tertiary/aromatic N) is 1. The Balaban J connectivity index is 1.55. The van der Waals surface area contributed by atoms with Crippen molar-refractivity contribution in [2.24, 2.45) is 5.92 Å². The van der Waals surface area contributed by atoms with Crippen molar-refractivity contribution in [1.82, 2.24) is 4.90 Å². The van der Waals surface area contributed by atoms with E-state index < -0.39 is 28.6 Å². The Labute approximate surface area is 243 Å². The Morgan fingerprint density at radius 1 is 0.905 bits per heavy atom. The van der Waals surface area contributed by atoms with Gasteiger partial charge in [-0.15, -0.1) is 0 Å². The highest BCUT2D eigenvalue weighted by atomic mass is 19.2. The number of halogens is 2. The summed E-state index contributed by atoms with van der Waals surface area (Å²) in [5.74, 6) is -1.78. The van der Waals surface area contributed by atoms with Crippen molar-refractivity contribution in [1.29, 1.82) is 0 Å². The second kappa shape index (κ2) is 12.4. The number of carbonyl (C=O) groups is 2. The van der Waals surface area contributed by atoms with Crippen LogP contribution >= 0.6 is 0 Å². The lowest BCUT2D eigenvalue weighted by atomic mass is 9.84. The lowest BCUT2D eigenvalue weighted by molar-refractivity contribution is -0.142. The second-order valence-corrected chi connectivity index (χ2v) is 11.7. The van der Waals surface area contributed by atoms with Gasteiger partial charge in [-0.3, -0.25) is 4.79 Å². The van der Waals surface area contributed by atoms with Gasteiger partial charge in [0, 0.05) is 43.0 Å². The van der Waals surface area contributed by atoms with Crippen LogP contribution in [0.5, 0.6) is 23.0 Å². The molecule has 3 aromatic carbocycles. The highest BCUT2D eigenvalue weighted by molar-refractivity contribution is 5.90. The van der Waals surface area contributed by atoms with Crippen LogP contribution in [-0.4, -0.2) is 45.8 Å². The molecular weight excluding hydrogens is 546 g/mol. The minimum atomic E-state index is -1.09. The van der Waals surface area contributed by atoms with E-state index in [9.17, 15) is 28.6 Å². The molecule has 2 amide bonds. The predicted molar refractivity (Wildman–Crippen MR) is 154 cm³/mol. The van der Waals surface area contributed by atoms with Gasteiger partial charge in [0.1, 0.15) is 23.0 Å². The second-order valence-electron chi connectivity index (χ2n) is 11.7. The number of anilines is 1. The van der Waals surface area contributed by atoms with Gasteiger partial charge < -0.3 is 29.9 Å². The molecule has 0 radical (unpaired) electrons. The number of hydrogen-bond donors (Lipinski definition) is 3. The molecule has 10 heteroatoms. The number of urea groups is 1. The number of rotatable bonds is 9. The molecule has 1 fully saturated rings. The minimum absolute atomic E-state index is 0.0454. The maximum atomic E-state index is 13.8. The molecule has 3 N–H and O–H groups in total. The Morgan fingerprint density at radius 2 is 1.48 bits per heavy atom. The molecule has 0 aliphatic carbocycles. The third kappa shape index (κ3) is 7.55. The number of carboxylic acid groups (broad SMARTS) is 1. The largest absolute Gasteiger partial charge is 0.481 e. The van der Waals surface area contributed by atoms with Crippen LogP contribution in [0, 0.1) is 17.6 Å². The molecule has 0 atom stereocenters. The van der Waals surface area contributed by atoms with Crippen LogP contribution in [0.3, 0.4) is 0 Å². The van der Waals surface area contributed by atoms with Gasteiger partial charge in [0.05, 0.1) is 11.0 Å². The molecular formula is C32H36F2N2O6. The molecule has 1 aliphatic heterocycles. The number of carboxylic acids is 1. The zero-order valence-electron chi connectivity index (χ0n) is 24.1. The van der Waals surface area contributed by atoms with Crippen LogP contribution < -0.4 is 14.8 Å². The van der Waals surface area contributed by atoms with Gasteiger partial charge in [0.2, 0.25) is 0 Å². The van der Waals surface area contributed by atoms with Crippen molar-refractivity contribution in [3.63, 3.8) is 0 Å². The predicted octanol–water partition coefficient (Wildman–Crippen LogP) is 7.32. The first kappa shape index (κ1) is 30.8. The topological polar surface area (TPSA) is 108 Å². The monoisotopic (exact) mass is 582 g/mol. The number of carbonyl (C=O) groups excluding carboxylic acids is 1. The molecule has 42 heavy (non-hydrogen) atoms. The molecule has 3 aromatic rings. The number of hydrogen-bond acceptors (Lipinski definition) is 5. The number of benzene rings is 3. The van der Waals surface area contributed by atoms with Crippen molar-refractivity contribution in [2.75, 3.05) is 18.4 Å². The zero-order valence-corrected chi connectivity index (χ0v) is 24.1. The molecule has 0 aromatic heterocycles. The maximum absolute atomic E-state index is 13.8. The van der Waals surface area contributed by atoms with E-state index >= 15 is 0 Å². The van der Waals surface area contributed by atoms with Crippen LogP contribution in [0.15, 0.2) is 60.7 Å². The van der Waals surface area contributed by atoms with Crippen LogP contribution in [0.4, 0.5) is 19.3 Å². The molecule has 4 rings (SSSR count). The van der Waals surface area contributed by atoms with E-state index in [1.54, 1.807) is 49.1 Å². The van der Waals surface area contributed by atoms with E-state index in [2.05, 4.69) is 19.2 Å². The fourth-order valence-corrected chi connectivity index (χ4v) is 4.93. The van der Waals surface area contributed by atoms with Crippen LogP contribution in [0.1, 0.15) is 52.5 Å². The Bertz CT molecular complexity index is 1430. The van der Waals surface area contributed by atoms with Gasteiger partial charge in [-0.05, 0) is 68.9 Å². The molecule has 0 spiro atoms. The lowest BCUT2D eigenvalue weighted by Crippen LogP contribution is -2.48. The van der Waals surface area contributed by atoms with Crippen molar-refractivity contribution >= 4 is 17.7 Å². The minimum Gasteiger partial charge on any atom is -0.481 e. The Morgan fingerprint density at radius 3 is 2.02 bits per heavy atom. The zero-order chi connectivity index (χ0) is 30.7. The summed E-state index contributed by atoms with van der Waals surface area (Å²) in [7, 11) is 0. The van der Waals surface area contributed by atoms with Crippen LogP contribution in [0.25, 0.3) is 0 Å². The van der Waals surface area contributed by atoms with Gasteiger partial charge in [0.25, 0.3) is 0 Å². The number of aliphatic carboxylic acids is 1. The lowest BCUT2D eigenvalue weighted by Gasteiger charge is -2.39. The molecule has 0 unspecified atom stereocenters. The summed E-state index contributed by atoms with van der Waals surface area (Å²) in [6, 6.07) is 14.0. The summed E-state index contributed by atoms with van der Waals surface area (Å²) in [4.78, 5) is 26.3. The number of likely N-dealkylation sites (tertiary alicyclic amines) is 1. The van der Waals surface area contributed by atoms with Crippen molar-refractivity contribution in [3.05, 3.63) is 77.9 Å². The molecule has 1 aliphatic rings. The third-order valence-corrected chi connectivity index (χ3v) is 7.37. The molecule has 1 heterocycles. The first-order valence-electron chi connectivity index (χ1n) is 13.8. The summed E-state index contributed by atoms with van der Waals surface area (Å²) in [6.07, 6.45) is 1.61. The molecule has 1 saturated heterocycles.